The minimum atomic E-state index is -4.01. The molecule has 4 aliphatic rings. The van der Waals surface area contributed by atoms with E-state index in [1.807, 2.05) is 0 Å². The first kappa shape index (κ1) is 14.7. The molecule has 0 aromatic rings. The highest BCUT2D eigenvalue weighted by molar-refractivity contribution is 8.70. The van der Waals surface area contributed by atoms with Crippen molar-refractivity contribution in [3.63, 3.8) is 0 Å². The van der Waals surface area contributed by atoms with Gasteiger partial charge in [0.2, 0.25) is 0 Å². The SMILES string of the molecule is NC(CSS(=O)(=O)O)=[NH+]CC12CC3CC(CC(C3)C1)C2. The highest BCUT2D eigenvalue weighted by atomic mass is 33.1. The predicted molar refractivity (Wildman–Crippen MR) is 79.6 cm³/mol. The third-order valence-corrected chi connectivity index (χ3v) is 7.19. The van der Waals surface area contributed by atoms with Gasteiger partial charge in [-0.25, -0.2) is 0 Å². The molecular formula is C13H23N2O3S2+. The molecule has 0 atom stereocenters. The molecule has 4 rings (SSSR count). The Bertz CT molecular complexity index is 480. The maximum Gasteiger partial charge on any atom is 0.320 e. The normalized spacial score (nSPS) is 40.2. The van der Waals surface area contributed by atoms with Crippen LogP contribution >= 0.6 is 10.8 Å². The summed E-state index contributed by atoms with van der Waals surface area (Å²) in [6.07, 6.45) is 8.13. The molecule has 5 nitrogen and oxygen atoms in total. The van der Waals surface area contributed by atoms with E-state index in [1.165, 1.54) is 38.5 Å². The Labute approximate surface area is 123 Å². The van der Waals surface area contributed by atoms with Crippen LogP contribution in [0, 0.1) is 23.2 Å². The van der Waals surface area contributed by atoms with Gasteiger partial charge in [-0.05, 0) is 56.3 Å². The molecule has 0 aromatic carbocycles. The van der Waals surface area contributed by atoms with Gasteiger partial charge in [-0.2, -0.15) is 8.42 Å². The number of rotatable bonds is 5. The van der Waals surface area contributed by atoms with Crippen molar-refractivity contribution in [1.82, 2.24) is 0 Å². The first-order chi connectivity index (χ1) is 9.34. The summed E-state index contributed by atoms with van der Waals surface area (Å²) in [6, 6.07) is 0. The lowest BCUT2D eigenvalue weighted by molar-refractivity contribution is -0.484. The molecule has 0 aromatic heterocycles. The van der Waals surface area contributed by atoms with Gasteiger partial charge in [-0.15, -0.1) is 0 Å². The maximum absolute atomic E-state index is 10.7. The Kier molecular flexibility index (Phi) is 3.79. The van der Waals surface area contributed by atoms with Crippen LogP contribution in [0.4, 0.5) is 0 Å². The van der Waals surface area contributed by atoms with E-state index in [9.17, 15) is 8.42 Å². The molecule has 0 saturated heterocycles. The first-order valence-electron chi connectivity index (χ1n) is 7.31. The predicted octanol–water partition coefficient (Wildman–Crippen LogP) is 0.177. The number of hydrogen-bond donors (Lipinski definition) is 3. The van der Waals surface area contributed by atoms with Crippen molar-refractivity contribution in [2.45, 2.75) is 38.5 Å². The molecule has 0 heterocycles. The molecule has 4 fully saturated rings. The topological polar surface area (TPSA) is 94.4 Å². The number of hydrogen-bond acceptors (Lipinski definition) is 3. The van der Waals surface area contributed by atoms with Gasteiger partial charge in [0.1, 0.15) is 5.75 Å². The van der Waals surface area contributed by atoms with Crippen LogP contribution in [0.5, 0.6) is 0 Å². The molecule has 7 heteroatoms. The van der Waals surface area contributed by atoms with E-state index in [4.69, 9.17) is 10.3 Å². The number of amidine groups is 1. The Hall–Kier alpha value is -0.270. The number of nitrogens with two attached hydrogens (primary N) is 1. The van der Waals surface area contributed by atoms with Crippen molar-refractivity contribution in [3.8, 4) is 0 Å². The molecule has 20 heavy (non-hydrogen) atoms. The van der Waals surface area contributed by atoms with E-state index in [0.717, 1.165) is 24.3 Å². The summed E-state index contributed by atoms with van der Waals surface area (Å²) in [5, 5.41) is 0. The minimum Gasteiger partial charge on any atom is -0.290 e. The lowest BCUT2D eigenvalue weighted by atomic mass is 9.49. The van der Waals surface area contributed by atoms with Gasteiger partial charge in [0.05, 0.1) is 6.54 Å². The van der Waals surface area contributed by atoms with Crippen molar-refractivity contribution >= 4 is 25.8 Å². The summed E-state index contributed by atoms with van der Waals surface area (Å²) in [5.74, 6) is 3.25. The van der Waals surface area contributed by atoms with Gasteiger partial charge in [0, 0.05) is 16.2 Å². The largest absolute Gasteiger partial charge is 0.320 e. The molecule has 0 spiro atoms. The molecule has 0 aliphatic heterocycles. The van der Waals surface area contributed by atoms with Gasteiger partial charge in [0.25, 0.3) is 5.84 Å². The third-order valence-electron chi connectivity index (χ3n) is 5.22. The van der Waals surface area contributed by atoms with Gasteiger partial charge in [0.15, 0.2) is 0 Å². The Morgan fingerprint density at radius 2 is 1.70 bits per heavy atom. The van der Waals surface area contributed by atoms with E-state index in [-0.39, 0.29) is 5.75 Å². The standard InChI is InChI=1S/C13H22N2O3S2/c14-12(7-19-20(16,17)18)15-8-13-4-9-1-10(5-13)3-11(2-9)6-13/h9-11H,1-8H2,(H2,14,15)(H,16,17,18)/p+1. The van der Waals surface area contributed by atoms with E-state index in [0.29, 0.717) is 22.0 Å². The Balaban J connectivity index is 1.60. The molecule has 0 unspecified atom stereocenters. The molecule has 0 amide bonds. The molecular weight excluding hydrogens is 296 g/mol. The van der Waals surface area contributed by atoms with Crippen LogP contribution in [0.1, 0.15) is 38.5 Å². The quantitative estimate of drug-likeness (QED) is 0.291. The van der Waals surface area contributed by atoms with E-state index in [2.05, 4.69) is 4.99 Å². The molecule has 4 N–H and O–H groups in total. The highest BCUT2D eigenvalue weighted by Crippen LogP contribution is 2.59. The summed E-state index contributed by atoms with van der Waals surface area (Å²) in [4.78, 5) is 3.21. The molecule has 4 aliphatic carbocycles. The zero-order valence-electron chi connectivity index (χ0n) is 11.5. The van der Waals surface area contributed by atoms with Crippen LogP contribution in [0.2, 0.25) is 0 Å². The van der Waals surface area contributed by atoms with Crippen LogP contribution in [-0.4, -0.2) is 31.1 Å². The number of nitrogens with one attached hydrogen (secondary N) is 1. The smallest absolute Gasteiger partial charge is 0.290 e. The monoisotopic (exact) mass is 319 g/mol. The summed E-state index contributed by atoms with van der Waals surface area (Å²) < 4.78 is 30.1. The van der Waals surface area contributed by atoms with Crippen LogP contribution in [0.25, 0.3) is 0 Å². The fourth-order valence-electron chi connectivity index (χ4n) is 5.00. The average molecular weight is 319 g/mol. The van der Waals surface area contributed by atoms with Gasteiger partial charge < -0.3 is 0 Å². The fourth-order valence-corrected chi connectivity index (χ4v) is 6.20. The van der Waals surface area contributed by atoms with E-state index in [1.54, 1.807) is 0 Å². The van der Waals surface area contributed by atoms with Gasteiger partial charge in [-0.1, -0.05) is 0 Å². The molecule has 114 valence electrons. The second-order valence-electron chi connectivity index (χ2n) is 6.99. The Morgan fingerprint density at radius 1 is 1.20 bits per heavy atom. The van der Waals surface area contributed by atoms with Gasteiger partial charge >= 0.3 is 9.15 Å². The Morgan fingerprint density at radius 3 is 2.15 bits per heavy atom. The third kappa shape index (κ3) is 3.31. The summed E-state index contributed by atoms with van der Waals surface area (Å²) in [5.41, 5.74) is 6.20. The zero-order valence-corrected chi connectivity index (χ0v) is 13.2. The molecule has 4 bridgehead atoms. The van der Waals surface area contributed by atoms with Crippen LogP contribution in [-0.2, 0) is 9.15 Å². The minimum absolute atomic E-state index is 0.102. The van der Waals surface area contributed by atoms with Crippen LogP contribution in [0.3, 0.4) is 0 Å². The second kappa shape index (κ2) is 5.18. The van der Waals surface area contributed by atoms with Crippen molar-refractivity contribution in [2.75, 3.05) is 12.3 Å². The van der Waals surface area contributed by atoms with E-state index < -0.39 is 9.15 Å². The molecule has 0 radical (unpaired) electrons. The summed E-state index contributed by atoms with van der Waals surface area (Å²) in [7, 11) is -3.54. The lowest BCUT2D eigenvalue weighted by Crippen LogP contribution is -2.80. The van der Waals surface area contributed by atoms with Crippen molar-refractivity contribution in [3.05, 3.63) is 0 Å². The second-order valence-corrected chi connectivity index (χ2v) is 10.3. The summed E-state index contributed by atoms with van der Waals surface area (Å²) >= 11 is 0. The first-order valence-corrected chi connectivity index (χ1v) is 10.2. The van der Waals surface area contributed by atoms with Crippen molar-refractivity contribution < 1.29 is 18.0 Å². The lowest BCUT2D eigenvalue weighted by Gasteiger charge is -2.55. The van der Waals surface area contributed by atoms with Crippen LogP contribution < -0.4 is 10.7 Å². The summed E-state index contributed by atoms with van der Waals surface area (Å²) in [6.45, 7) is 0.856. The highest BCUT2D eigenvalue weighted by Gasteiger charge is 2.51. The van der Waals surface area contributed by atoms with Crippen molar-refractivity contribution in [2.24, 2.45) is 28.9 Å². The maximum atomic E-state index is 10.7. The average Bonchev–Trinajstić information content (AvgIpc) is 2.31. The fraction of sp³-hybridized carbons (Fsp3) is 0.923. The van der Waals surface area contributed by atoms with Crippen LogP contribution in [0.15, 0.2) is 0 Å². The zero-order chi connectivity index (χ0) is 14.4. The van der Waals surface area contributed by atoms with E-state index >= 15 is 0 Å². The van der Waals surface area contributed by atoms with Crippen molar-refractivity contribution in [1.29, 1.82) is 0 Å². The molecule has 4 saturated carbocycles. The van der Waals surface area contributed by atoms with Gasteiger partial charge in [-0.3, -0.25) is 15.3 Å².